The number of hydrogen-bond donors (Lipinski definition) is 1. The molecular weight excluding hydrogens is 420 g/mol. The second kappa shape index (κ2) is 9.36. The zero-order valence-corrected chi connectivity index (χ0v) is 19.9. The number of hydrogen-bond acceptors (Lipinski definition) is 5. The highest BCUT2D eigenvalue weighted by Crippen LogP contribution is 2.32. The van der Waals surface area contributed by atoms with E-state index >= 15 is 0 Å². The molecule has 32 heavy (non-hydrogen) atoms. The highest BCUT2D eigenvalue weighted by atomic mass is 32.2. The van der Waals surface area contributed by atoms with Crippen LogP contribution in [0.15, 0.2) is 53.7 Å². The van der Waals surface area contributed by atoms with E-state index in [4.69, 9.17) is 4.74 Å². The third-order valence-electron chi connectivity index (χ3n) is 5.67. The van der Waals surface area contributed by atoms with E-state index in [9.17, 15) is 4.79 Å². The number of nitrogens with zero attached hydrogens (tertiary/aromatic N) is 3. The van der Waals surface area contributed by atoms with Gasteiger partial charge in [-0.05, 0) is 24.0 Å². The van der Waals surface area contributed by atoms with Gasteiger partial charge in [0, 0.05) is 24.1 Å². The largest absolute Gasteiger partial charge is 0.493 e. The zero-order chi connectivity index (χ0) is 22.7. The van der Waals surface area contributed by atoms with E-state index in [1.54, 1.807) is 0 Å². The average Bonchev–Trinajstić information content (AvgIpc) is 3.20. The van der Waals surface area contributed by atoms with E-state index in [1.165, 1.54) is 17.3 Å². The molecule has 1 atom stereocenters. The van der Waals surface area contributed by atoms with Gasteiger partial charge in [0.25, 0.3) is 0 Å². The Balaban J connectivity index is 1.42. The SMILES string of the molecule is CCn1c(SCC(=O)NC2CCOc3ccccc32)nnc1-c1ccc(C(C)(C)C)cc1. The Morgan fingerprint density at radius 3 is 2.62 bits per heavy atom. The third-order valence-corrected chi connectivity index (χ3v) is 6.64. The van der Waals surface area contributed by atoms with Crippen molar-refractivity contribution in [2.75, 3.05) is 12.4 Å². The first-order valence-electron chi connectivity index (χ1n) is 11.0. The maximum Gasteiger partial charge on any atom is 0.230 e. The summed E-state index contributed by atoms with van der Waals surface area (Å²) in [4.78, 5) is 12.7. The minimum Gasteiger partial charge on any atom is -0.493 e. The fourth-order valence-corrected chi connectivity index (χ4v) is 4.68. The van der Waals surface area contributed by atoms with Crippen LogP contribution in [-0.2, 0) is 16.8 Å². The van der Waals surface area contributed by atoms with Crippen LogP contribution in [0.25, 0.3) is 11.4 Å². The summed E-state index contributed by atoms with van der Waals surface area (Å²) in [5, 5.41) is 12.7. The maximum absolute atomic E-state index is 12.7. The van der Waals surface area contributed by atoms with Crippen molar-refractivity contribution in [3.05, 3.63) is 59.7 Å². The zero-order valence-electron chi connectivity index (χ0n) is 19.1. The molecule has 4 rings (SSSR count). The van der Waals surface area contributed by atoms with E-state index < -0.39 is 0 Å². The first-order valence-corrected chi connectivity index (χ1v) is 12.0. The number of nitrogens with one attached hydrogen (secondary N) is 1. The molecule has 168 valence electrons. The van der Waals surface area contributed by atoms with Crippen molar-refractivity contribution in [1.29, 1.82) is 0 Å². The minimum absolute atomic E-state index is 0.0153. The molecule has 1 unspecified atom stereocenters. The van der Waals surface area contributed by atoms with Gasteiger partial charge in [-0.3, -0.25) is 4.79 Å². The van der Waals surface area contributed by atoms with Gasteiger partial charge in [-0.1, -0.05) is 75.0 Å². The Bertz CT molecular complexity index is 1090. The molecule has 0 saturated heterocycles. The quantitative estimate of drug-likeness (QED) is 0.536. The number of thioether (sulfide) groups is 1. The summed E-state index contributed by atoms with van der Waals surface area (Å²) in [6.07, 6.45) is 0.771. The molecule has 3 aromatic rings. The number of carbonyl (C=O) groups excluding carboxylic acids is 1. The molecule has 0 aliphatic carbocycles. The van der Waals surface area contributed by atoms with Crippen LogP contribution in [0.4, 0.5) is 0 Å². The molecule has 2 heterocycles. The van der Waals surface area contributed by atoms with Crippen molar-refractivity contribution in [3.63, 3.8) is 0 Å². The Hall–Kier alpha value is -2.80. The fraction of sp³-hybridized carbons (Fsp3) is 0.400. The van der Waals surface area contributed by atoms with E-state index in [1.807, 2.05) is 24.3 Å². The van der Waals surface area contributed by atoms with Gasteiger partial charge in [-0.2, -0.15) is 0 Å². The van der Waals surface area contributed by atoms with Crippen LogP contribution in [0.2, 0.25) is 0 Å². The van der Waals surface area contributed by atoms with Crippen LogP contribution >= 0.6 is 11.8 Å². The summed E-state index contributed by atoms with van der Waals surface area (Å²) in [5.74, 6) is 1.96. The predicted octanol–water partition coefficient (Wildman–Crippen LogP) is 4.99. The minimum atomic E-state index is -0.0195. The molecule has 1 aliphatic rings. The molecule has 6 nitrogen and oxygen atoms in total. The lowest BCUT2D eigenvalue weighted by Gasteiger charge is -2.26. The number of amides is 1. The number of para-hydroxylation sites is 1. The number of carbonyl (C=O) groups is 1. The van der Waals surface area contributed by atoms with Crippen LogP contribution in [0.3, 0.4) is 0 Å². The molecule has 0 saturated carbocycles. The topological polar surface area (TPSA) is 69.0 Å². The molecule has 2 aromatic carbocycles. The van der Waals surface area contributed by atoms with Crippen LogP contribution in [0.5, 0.6) is 5.75 Å². The van der Waals surface area contributed by atoms with E-state index in [0.29, 0.717) is 12.4 Å². The predicted molar refractivity (Wildman–Crippen MR) is 128 cm³/mol. The normalized spacial score (nSPS) is 15.7. The fourth-order valence-electron chi connectivity index (χ4n) is 3.87. The molecule has 1 amide bonds. The van der Waals surface area contributed by atoms with Gasteiger partial charge in [0.1, 0.15) is 5.75 Å². The number of aromatic nitrogens is 3. The van der Waals surface area contributed by atoms with Crippen molar-refractivity contribution < 1.29 is 9.53 Å². The molecule has 1 N–H and O–H groups in total. The van der Waals surface area contributed by atoms with E-state index in [2.05, 4.69) is 72.0 Å². The molecular formula is C25H30N4O2S. The second-order valence-corrected chi connectivity index (χ2v) is 9.90. The first-order chi connectivity index (χ1) is 15.4. The van der Waals surface area contributed by atoms with Gasteiger partial charge in [-0.25, -0.2) is 0 Å². The Labute approximate surface area is 193 Å². The lowest BCUT2D eigenvalue weighted by Crippen LogP contribution is -2.33. The molecule has 0 bridgehead atoms. The molecule has 1 aliphatic heterocycles. The monoisotopic (exact) mass is 450 g/mol. The van der Waals surface area contributed by atoms with Gasteiger partial charge in [0.15, 0.2) is 11.0 Å². The smallest absolute Gasteiger partial charge is 0.230 e. The summed E-state index contributed by atoms with van der Waals surface area (Å²) < 4.78 is 7.75. The van der Waals surface area contributed by atoms with E-state index in [-0.39, 0.29) is 17.4 Å². The van der Waals surface area contributed by atoms with Crippen molar-refractivity contribution in [1.82, 2.24) is 20.1 Å². The second-order valence-electron chi connectivity index (χ2n) is 8.96. The highest BCUT2D eigenvalue weighted by molar-refractivity contribution is 7.99. The van der Waals surface area contributed by atoms with Crippen molar-refractivity contribution in [2.24, 2.45) is 0 Å². The highest BCUT2D eigenvalue weighted by Gasteiger charge is 2.23. The van der Waals surface area contributed by atoms with Crippen molar-refractivity contribution in [3.8, 4) is 17.1 Å². The number of benzene rings is 2. The maximum atomic E-state index is 12.7. The number of ether oxygens (including phenoxy) is 1. The van der Waals surface area contributed by atoms with Crippen LogP contribution in [0.1, 0.15) is 51.3 Å². The molecule has 0 fully saturated rings. The molecule has 1 aromatic heterocycles. The van der Waals surface area contributed by atoms with Crippen LogP contribution < -0.4 is 10.1 Å². The first kappa shape index (κ1) is 22.4. The Morgan fingerprint density at radius 2 is 1.91 bits per heavy atom. The summed E-state index contributed by atoms with van der Waals surface area (Å²) in [5.41, 5.74) is 3.46. The van der Waals surface area contributed by atoms with Gasteiger partial charge in [0.05, 0.1) is 18.4 Å². The number of fused-ring (bicyclic) bond motifs is 1. The lowest BCUT2D eigenvalue weighted by molar-refractivity contribution is -0.119. The Kier molecular flexibility index (Phi) is 6.55. The van der Waals surface area contributed by atoms with E-state index in [0.717, 1.165) is 40.8 Å². The standard InChI is InChI=1S/C25H30N4O2S/c1-5-29-23(17-10-12-18(13-11-17)25(2,3)4)27-28-24(29)32-16-22(30)26-20-14-15-31-21-9-7-6-8-19(20)21/h6-13,20H,5,14-16H2,1-4H3,(H,26,30). The van der Waals surface area contributed by atoms with Gasteiger partial charge < -0.3 is 14.6 Å². The molecule has 0 spiro atoms. The summed E-state index contributed by atoms with van der Waals surface area (Å²) in [6.45, 7) is 10.0. The van der Waals surface area contributed by atoms with Gasteiger partial charge in [0.2, 0.25) is 5.91 Å². The van der Waals surface area contributed by atoms with Gasteiger partial charge >= 0.3 is 0 Å². The van der Waals surface area contributed by atoms with Gasteiger partial charge in [-0.15, -0.1) is 10.2 Å². The van der Waals surface area contributed by atoms with Crippen molar-refractivity contribution >= 4 is 17.7 Å². The average molecular weight is 451 g/mol. The van der Waals surface area contributed by atoms with Crippen LogP contribution in [0, 0.1) is 0 Å². The lowest BCUT2D eigenvalue weighted by atomic mass is 9.87. The third kappa shape index (κ3) is 4.83. The Morgan fingerprint density at radius 1 is 1.16 bits per heavy atom. The van der Waals surface area contributed by atoms with Crippen molar-refractivity contribution in [2.45, 2.75) is 57.3 Å². The molecule has 7 heteroatoms. The molecule has 0 radical (unpaired) electrons. The van der Waals surface area contributed by atoms with Crippen LogP contribution in [-0.4, -0.2) is 33.0 Å². The summed E-state index contributed by atoms with van der Waals surface area (Å²) >= 11 is 1.42. The summed E-state index contributed by atoms with van der Waals surface area (Å²) in [7, 11) is 0. The summed E-state index contributed by atoms with van der Waals surface area (Å²) in [6, 6.07) is 16.4. The number of rotatable bonds is 6.